The third kappa shape index (κ3) is 11.3. The van der Waals surface area contributed by atoms with Gasteiger partial charge in [-0.2, -0.15) is 0 Å². The van der Waals surface area contributed by atoms with E-state index >= 15 is 0 Å². The van der Waals surface area contributed by atoms with Crippen molar-refractivity contribution in [3.05, 3.63) is 108 Å². The number of alkyl carbamates (subject to hydrolysis) is 1. The lowest BCUT2D eigenvalue weighted by Gasteiger charge is -2.32. The molecule has 5 rings (SSSR count). The summed E-state index contributed by atoms with van der Waals surface area (Å²) in [6, 6.07) is 22.1. The molecule has 0 spiro atoms. The van der Waals surface area contributed by atoms with Crippen molar-refractivity contribution in [2.75, 3.05) is 19.8 Å². The molecule has 0 saturated carbocycles. The molecule has 5 unspecified atom stereocenters. The Bertz CT molecular complexity index is 1810. The second-order valence-corrected chi connectivity index (χ2v) is 14.9. The molecule has 12 nitrogen and oxygen atoms in total. The van der Waals surface area contributed by atoms with Gasteiger partial charge in [-0.15, -0.1) is 0 Å². The fourth-order valence-corrected chi connectivity index (χ4v) is 7.14. The highest BCUT2D eigenvalue weighted by Crippen LogP contribution is 2.44. The Kier molecular flexibility index (Phi) is 13.8. The fourth-order valence-electron chi connectivity index (χ4n) is 7.14. The van der Waals surface area contributed by atoms with Gasteiger partial charge in [0.2, 0.25) is 17.7 Å². The number of hydrogen-bond donors (Lipinski definition) is 4. The molecule has 2 aliphatic rings. The van der Waals surface area contributed by atoms with Crippen molar-refractivity contribution < 1.29 is 38.2 Å². The van der Waals surface area contributed by atoms with Gasteiger partial charge in [0.15, 0.2) is 0 Å². The van der Waals surface area contributed by atoms with Gasteiger partial charge in [-0.25, -0.2) is 9.59 Å². The van der Waals surface area contributed by atoms with Crippen LogP contribution in [0.2, 0.25) is 0 Å². The van der Waals surface area contributed by atoms with Gasteiger partial charge in [-0.05, 0) is 75.3 Å². The van der Waals surface area contributed by atoms with Crippen molar-refractivity contribution in [3.8, 4) is 11.1 Å². The molecule has 1 aliphatic heterocycles. The van der Waals surface area contributed by atoms with Crippen LogP contribution in [-0.2, 0) is 39.8 Å². The van der Waals surface area contributed by atoms with Gasteiger partial charge < -0.3 is 35.5 Å². The number of ether oxygens (including phenoxy) is 3. The quantitative estimate of drug-likeness (QED) is 0.118. The van der Waals surface area contributed by atoms with Crippen LogP contribution in [0.5, 0.6) is 0 Å². The van der Waals surface area contributed by atoms with E-state index in [1.54, 1.807) is 13.8 Å². The number of esters is 1. The second-order valence-electron chi connectivity index (χ2n) is 14.9. The first-order valence-electron chi connectivity index (χ1n) is 18.9. The van der Waals surface area contributed by atoms with Crippen LogP contribution in [0.25, 0.3) is 11.1 Å². The molecule has 0 aromatic heterocycles. The molecule has 0 bridgehead atoms. The smallest absolute Gasteiger partial charge is 0.407 e. The highest BCUT2D eigenvalue weighted by Gasteiger charge is 2.36. The SMILES string of the molecule is CCOC(=O)C=CC(CC1CCNC1=O)NC(=O)C(Cc1ccccc1)NC(=O)C(NC(=O)OCC1c2ccccc2-c2ccccc21)C(C)OC(C)(C)C. The molecular formula is C43H52N4O8. The third-order valence-electron chi connectivity index (χ3n) is 9.60. The molecular weight excluding hydrogens is 700 g/mol. The fraction of sp³-hybridized carbons (Fsp3) is 0.419. The summed E-state index contributed by atoms with van der Waals surface area (Å²) in [6.07, 6.45) is 2.02. The van der Waals surface area contributed by atoms with Gasteiger partial charge in [0, 0.05) is 36.9 Å². The Balaban J connectivity index is 1.34. The largest absolute Gasteiger partial charge is 0.463 e. The number of benzene rings is 3. The molecule has 1 saturated heterocycles. The van der Waals surface area contributed by atoms with E-state index in [2.05, 4.69) is 21.3 Å². The van der Waals surface area contributed by atoms with Crippen molar-refractivity contribution in [3.63, 3.8) is 0 Å². The molecule has 3 aromatic carbocycles. The summed E-state index contributed by atoms with van der Waals surface area (Å²) in [5.41, 5.74) is 4.38. The standard InChI is InChI=1S/C43H52N4O8/c1-6-53-37(48)21-20-30(25-29-22-23-44-39(29)49)45-40(50)36(24-28-14-8-7-9-15-28)46-41(51)38(27(2)55-43(3,4)5)47-42(52)54-26-35-33-18-12-10-16-31(33)32-17-11-13-19-34(32)35/h7-21,27,29-30,35-36,38H,6,22-26H2,1-5H3,(H,44,49)(H,45,50)(H,46,51)(H,47,52). The minimum absolute atomic E-state index is 0.0431. The third-order valence-corrected chi connectivity index (χ3v) is 9.60. The van der Waals surface area contributed by atoms with Crippen LogP contribution in [0.4, 0.5) is 4.79 Å². The van der Waals surface area contributed by atoms with Crippen LogP contribution >= 0.6 is 0 Å². The van der Waals surface area contributed by atoms with Crippen molar-refractivity contribution in [1.82, 2.24) is 21.3 Å². The zero-order chi connectivity index (χ0) is 39.5. The molecule has 1 heterocycles. The molecule has 1 aliphatic carbocycles. The average Bonchev–Trinajstić information content (AvgIpc) is 3.70. The second kappa shape index (κ2) is 18.7. The highest BCUT2D eigenvalue weighted by molar-refractivity contribution is 5.92. The van der Waals surface area contributed by atoms with Crippen molar-refractivity contribution in [2.45, 2.75) is 89.6 Å². The van der Waals surface area contributed by atoms with Gasteiger partial charge >= 0.3 is 12.1 Å². The Morgan fingerprint density at radius 2 is 1.49 bits per heavy atom. The number of hydrogen-bond acceptors (Lipinski definition) is 8. The lowest BCUT2D eigenvalue weighted by molar-refractivity contribution is -0.137. The summed E-state index contributed by atoms with van der Waals surface area (Å²) in [7, 11) is 0. The minimum atomic E-state index is -1.25. The van der Waals surface area contributed by atoms with E-state index in [4.69, 9.17) is 14.2 Å². The Morgan fingerprint density at radius 3 is 2.09 bits per heavy atom. The lowest BCUT2D eigenvalue weighted by atomic mass is 9.97. The lowest BCUT2D eigenvalue weighted by Crippen LogP contribution is -2.59. The first kappa shape index (κ1) is 40.7. The first-order valence-corrected chi connectivity index (χ1v) is 18.9. The molecule has 0 radical (unpaired) electrons. The van der Waals surface area contributed by atoms with Crippen LogP contribution in [0, 0.1) is 5.92 Å². The van der Waals surface area contributed by atoms with E-state index < -0.39 is 53.7 Å². The summed E-state index contributed by atoms with van der Waals surface area (Å²) in [4.78, 5) is 66.5. The van der Waals surface area contributed by atoms with E-state index in [1.807, 2.05) is 99.6 Å². The van der Waals surface area contributed by atoms with Crippen molar-refractivity contribution >= 4 is 29.8 Å². The van der Waals surface area contributed by atoms with Crippen LogP contribution in [0.15, 0.2) is 91.0 Å². The number of rotatable bonds is 16. The predicted molar refractivity (Wildman–Crippen MR) is 208 cm³/mol. The maximum absolute atomic E-state index is 14.2. The maximum atomic E-state index is 14.2. The molecule has 5 atom stereocenters. The predicted octanol–water partition coefficient (Wildman–Crippen LogP) is 4.96. The Labute approximate surface area is 322 Å². The number of amides is 4. The summed E-state index contributed by atoms with van der Waals surface area (Å²) in [6.45, 7) is 9.62. The molecule has 4 N–H and O–H groups in total. The van der Waals surface area contributed by atoms with Gasteiger partial charge in [-0.3, -0.25) is 14.4 Å². The van der Waals surface area contributed by atoms with E-state index in [0.29, 0.717) is 13.0 Å². The van der Waals surface area contributed by atoms with Crippen LogP contribution in [-0.4, -0.2) is 79.4 Å². The van der Waals surface area contributed by atoms with Crippen LogP contribution in [0.3, 0.4) is 0 Å². The van der Waals surface area contributed by atoms with E-state index in [1.165, 1.54) is 12.2 Å². The van der Waals surface area contributed by atoms with Crippen LogP contribution in [0.1, 0.15) is 70.1 Å². The molecule has 3 aromatic rings. The zero-order valence-electron chi connectivity index (χ0n) is 32.1. The molecule has 1 fully saturated rings. The topological polar surface area (TPSA) is 161 Å². The Morgan fingerprint density at radius 1 is 0.855 bits per heavy atom. The number of carbonyl (C=O) groups excluding carboxylic acids is 5. The van der Waals surface area contributed by atoms with Gasteiger partial charge in [-0.1, -0.05) is 84.9 Å². The number of fused-ring (bicyclic) bond motifs is 3. The molecule has 4 amide bonds. The molecule has 292 valence electrons. The van der Waals surface area contributed by atoms with E-state index in [9.17, 15) is 24.0 Å². The van der Waals surface area contributed by atoms with Crippen LogP contribution < -0.4 is 21.3 Å². The minimum Gasteiger partial charge on any atom is -0.463 e. The average molecular weight is 753 g/mol. The normalized spacial score (nSPS) is 17.3. The van der Waals surface area contributed by atoms with Gasteiger partial charge in [0.05, 0.1) is 18.3 Å². The Hall–Kier alpha value is -5.49. The highest BCUT2D eigenvalue weighted by atomic mass is 16.6. The maximum Gasteiger partial charge on any atom is 0.407 e. The molecule has 12 heteroatoms. The summed E-state index contributed by atoms with van der Waals surface area (Å²) >= 11 is 0. The van der Waals surface area contributed by atoms with Crippen molar-refractivity contribution in [2.24, 2.45) is 5.92 Å². The number of nitrogens with one attached hydrogen (secondary N) is 4. The summed E-state index contributed by atoms with van der Waals surface area (Å²) < 4.78 is 17.0. The van der Waals surface area contributed by atoms with E-state index in [0.717, 1.165) is 27.8 Å². The molecule has 55 heavy (non-hydrogen) atoms. The monoisotopic (exact) mass is 752 g/mol. The van der Waals surface area contributed by atoms with Gasteiger partial charge in [0.1, 0.15) is 18.7 Å². The first-order chi connectivity index (χ1) is 26.3. The zero-order valence-corrected chi connectivity index (χ0v) is 32.1. The number of carbonyl (C=O) groups is 5. The van der Waals surface area contributed by atoms with Gasteiger partial charge in [0.25, 0.3) is 0 Å². The summed E-state index contributed by atoms with van der Waals surface area (Å²) in [5.74, 6) is -2.47. The van der Waals surface area contributed by atoms with E-state index in [-0.39, 0.29) is 43.8 Å². The summed E-state index contributed by atoms with van der Waals surface area (Å²) in [5, 5.41) is 11.3. The van der Waals surface area contributed by atoms with Crippen molar-refractivity contribution in [1.29, 1.82) is 0 Å².